The van der Waals surface area contributed by atoms with Crippen LogP contribution in [0.2, 0.25) is 0 Å². The molecule has 0 amide bonds. The van der Waals surface area contributed by atoms with Gasteiger partial charge in [0.05, 0.1) is 15.9 Å². The minimum Gasteiger partial charge on any atom is -0.316 e. The first-order valence-corrected chi connectivity index (χ1v) is 14.6. The van der Waals surface area contributed by atoms with Gasteiger partial charge in [-0.3, -0.25) is 0 Å². The molecule has 0 radical (unpaired) electrons. The van der Waals surface area contributed by atoms with Gasteiger partial charge in [-0.1, -0.05) is 31.5 Å². The van der Waals surface area contributed by atoms with Crippen molar-refractivity contribution in [2.24, 2.45) is 5.92 Å². The topological polar surface area (TPSA) is 55.2 Å². The van der Waals surface area contributed by atoms with Crippen molar-refractivity contribution < 1.29 is 26.0 Å². The number of hydrogen-bond donors (Lipinski definition) is 0. The number of nitrogens with zero attached hydrogens (tertiary/aromatic N) is 3. The fourth-order valence-corrected chi connectivity index (χ4v) is 7.88. The molecule has 1 saturated carbocycles. The lowest BCUT2D eigenvalue weighted by atomic mass is 10.0. The number of halogens is 4. The lowest BCUT2D eigenvalue weighted by molar-refractivity contribution is 0.281. The molecule has 194 valence electrons. The molecular formula is C25H27F4N3O2S2. The highest BCUT2D eigenvalue weighted by Crippen LogP contribution is 2.38. The highest BCUT2D eigenvalue weighted by Gasteiger charge is 2.30. The molecule has 3 aromatic rings. The molecule has 36 heavy (non-hydrogen) atoms. The highest BCUT2D eigenvalue weighted by atomic mass is 32.2. The summed E-state index contributed by atoms with van der Waals surface area (Å²) >= 11 is 1.09. The van der Waals surface area contributed by atoms with E-state index < -0.39 is 33.3 Å². The molecule has 0 bridgehead atoms. The number of benzene rings is 2. The Morgan fingerprint density at radius 2 is 1.75 bits per heavy atom. The Morgan fingerprint density at radius 3 is 2.47 bits per heavy atom. The molecule has 0 N–H and O–H groups in total. The summed E-state index contributed by atoms with van der Waals surface area (Å²) in [5.74, 6) is -6.41. The van der Waals surface area contributed by atoms with E-state index in [9.17, 15) is 26.0 Å². The predicted molar refractivity (Wildman–Crippen MR) is 130 cm³/mol. The molecule has 0 spiro atoms. The molecule has 1 atom stereocenters. The van der Waals surface area contributed by atoms with Gasteiger partial charge in [-0.2, -0.15) is 4.31 Å². The van der Waals surface area contributed by atoms with Crippen LogP contribution < -0.4 is 0 Å². The summed E-state index contributed by atoms with van der Waals surface area (Å²) in [6.07, 6.45) is 5.73. The van der Waals surface area contributed by atoms with E-state index in [1.807, 2.05) is 11.5 Å². The summed E-state index contributed by atoms with van der Waals surface area (Å²) in [6.45, 7) is 3.01. The molecule has 5 nitrogen and oxygen atoms in total. The first-order valence-electron chi connectivity index (χ1n) is 12.1. The molecule has 5 rings (SSSR count). The second kappa shape index (κ2) is 9.98. The third-order valence-electron chi connectivity index (χ3n) is 7.11. The maximum absolute atomic E-state index is 14.2. The van der Waals surface area contributed by atoms with Crippen LogP contribution in [0, 0.1) is 29.2 Å². The molecule has 2 fully saturated rings. The lowest BCUT2D eigenvalue weighted by Crippen LogP contribution is -2.39. The molecular weight excluding hydrogens is 514 g/mol. The lowest BCUT2D eigenvalue weighted by Gasteiger charge is -2.30. The van der Waals surface area contributed by atoms with Crippen LogP contribution in [0.15, 0.2) is 34.3 Å². The second-order valence-corrected chi connectivity index (χ2v) is 12.6. The number of imidazole rings is 1. The van der Waals surface area contributed by atoms with Gasteiger partial charge in [-0.15, -0.1) is 0 Å². The van der Waals surface area contributed by atoms with E-state index in [0.717, 1.165) is 55.8 Å². The number of hydrogen-bond acceptors (Lipinski definition) is 4. The second-order valence-electron chi connectivity index (χ2n) is 9.71. The van der Waals surface area contributed by atoms with E-state index in [2.05, 4.69) is 4.98 Å². The monoisotopic (exact) mass is 541 g/mol. The first-order chi connectivity index (χ1) is 17.2. The van der Waals surface area contributed by atoms with Crippen molar-refractivity contribution in [2.45, 2.75) is 67.3 Å². The molecule has 11 heteroatoms. The summed E-state index contributed by atoms with van der Waals surface area (Å²) in [5, 5.41) is 0.502. The maximum atomic E-state index is 14.2. The molecule has 2 aliphatic rings. The van der Waals surface area contributed by atoms with Gasteiger partial charge in [-0.25, -0.2) is 31.0 Å². The number of piperidine rings is 1. The number of aromatic nitrogens is 2. The molecule has 2 aromatic carbocycles. The maximum Gasteiger partial charge on any atom is 0.243 e. The van der Waals surface area contributed by atoms with Gasteiger partial charge in [0, 0.05) is 30.4 Å². The van der Waals surface area contributed by atoms with Crippen LogP contribution in [-0.2, 0) is 15.8 Å². The fraction of sp³-hybridized carbons (Fsp3) is 0.480. The predicted octanol–water partition coefficient (Wildman–Crippen LogP) is 6.42. The summed E-state index contributed by atoms with van der Waals surface area (Å²) in [5.41, 5.74) is 0.948. The van der Waals surface area contributed by atoms with Crippen molar-refractivity contribution in [1.29, 1.82) is 0 Å². The zero-order valence-corrected chi connectivity index (χ0v) is 21.4. The van der Waals surface area contributed by atoms with Crippen molar-refractivity contribution >= 4 is 32.8 Å². The van der Waals surface area contributed by atoms with Crippen molar-refractivity contribution in [1.82, 2.24) is 13.9 Å². The van der Waals surface area contributed by atoms with Crippen LogP contribution in [0.3, 0.4) is 0 Å². The van der Waals surface area contributed by atoms with Gasteiger partial charge < -0.3 is 4.57 Å². The van der Waals surface area contributed by atoms with E-state index in [-0.39, 0.29) is 22.3 Å². The van der Waals surface area contributed by atoms with E-state index in [0.29, 0.717) is 35.7 Å². The highest BCUT2D eigenvalue weighted by molar-refractivity contribution is 7.98. The zero-order valence-electron chi connectivity index (χ0n) is 19.8. The average molecular weight is 542 g/mol. The van der Waals surface area contributed by atoms with Crippen LogP contribution in [0.4, 0.5) is 17.6 Å². The van der Waals surface area contributed by atoms with Crippen LogP contribution in [0.25, 0.3) is 11.0 Å². The van der Waals surface area contributed by atoms with E-state index in [4.69, 9.17) is 0 Å². The van der Waals surface area contributed by atoms with Gasteiger partial charge in [0.25, 0.3) is 0 Å². The van der Waals surface area contributed by atoms with Gasteiger partial charge in [0.15, 0.2) is 28.4 Å². The van der Waals surface area contributed by atoms with Crippen LogP contribution in [-0.4, -0.2) is 35.4 Å². The third kappa shape index (κ3) is 4.65. The van der Waals surface area contributed by atoms with Crippen LogP contribution in [0.1, 0.15) is 57.1 Å². The molecule has 0 unspecified atom stereocenters. The number of sulfonamides is 1. The first kappa shape index (κ1) is 25.5. The fourth-order valence-electron chi connectivity index (χ4n) is 5.22. The molecule has 1 saturated heterocycles. The molecule has 1 aromatic heterocycles. The Balaban J connectivity index is 1.51. The average Bonchev–Trinajstić information content (AvgIpc) is 3.51. The Kier molecular flexibility index (Phi) is 7.08. The number of fused-ring (bicyclic) bond motifs is 1. The number of thioether (sulfide) groups is 1. The van der Waals surface area contributed by atoms with Gasteiger partial charge in [0.1, 0.15) is 0 Å². The SMILES string of the molecule is C[C@H]1CCCN(S(=O)(=O)c2ccc3c(c2)nc(SCc2cc(F)c(F)c(F)c2F)n3C2CCCC2)C1. The van der Waals surface area contributed by atoms with Gasteiger partial charge in [0.2, 0.25) is 10.0 Å². The summed E-state index contributed by atoms with van der Waals surface area (Å²) in [6, 6.07) is 5.71. The zero-order chi connectivity index (χ0) is 25.6. The Hall–Kier alpha value is -2.11. The van der Waals surface area contributed by atoms with Gasteiger partial charge >= 0.3 is 0 Å². The van der Waals surface area contributed by atoms with Crippen molar-refractivity contribution in [3.05, 3.63) is 53.1 Å². The van der Waals surface area contributed by atoms with E-state index in [1.165, 1.54) is 4.31 Å². The van der Waals surface area contributed by atoms with E-state index >= 15 is 0 Å². The Labute approximate surface area is 211 Å². The smallest absolute Gasteiger partial charge is 0.243 e. The largest absolute Gasteiger partial charge is 0.316 e. The van der Waals surface area contributed by atoms with Crippen LogP contribution >= 0.6 is 11.8 Å². The van der Waals surface area contributed by atoms with E-state index in [1.54, 1.807) is 18.2 Å². The summed E-state index contributed by atoms with van der Waals surface area (Å²) in [4.78, 5) is 4.83. The minimum absolute atomic E-state index is 0.134. The van der Waals surface area contributed by atoms with Crippen LogP contribution in [0.5, 0.6) is 0 Å². The summed E-state index contributed by atoms with van der Waals surface area (Å²) in [7, 11) is -3.67. The third-order valence-corrected chi connectivity index (χ3v) is 9.97. The Bertz CT molecular complexity index is 1400. The van der Waals surface area contributed by atoms with Crippen molar-refractivity contribution in [2.75, 3.05) is 13.1 Å². The quantitative estimate of drug-likeness (QED) is 0.156. The van der Waals surface area contributed by atoms with Gasteiger partial charge in [-0.05, 0) is 55.9 Å². The molecule has 1 aliphatic heterocycles. The minimum atomic E-state index is -3.67. The molecule has 2 heterocycles. The number of rotatable bonds is 6. The molecule has 1 aliphatic carbocycles. The van der Waals surface area contributed by atoms with Crippen molar-refractivity contribution in [3.8, 4) is 0 Å². The van der Waals surface area contributed by atoms with Crippen molar-refractivity contribution in [3.63, 3.8) is 0 Å². The normalized spacial score (nSPS) is 20.0. The summed E-state index contributed by atoms with van der Waals surface area (Å²) < 4.78 is 85.2. The standard InChI is InChI=1S/C25H27F4N3O2S2/c1-15-5-4-10-31(13-15)36(33,34)18-8-9-21-20(12-18)30-25(32(21)17-6-2-3-7-17)35-14-16-11-19(26)23(28)24(29)22(16)27/h8-9,11-12,15,17H,2-7,10,13-14H2,1H3/t15-/m0/s1. The Morgan fingerprint density at radius 1 is 1.00 bits per heavy atom.